The molecule has 1 rings (SSSR count). The van der Waals surface area contributed by atoms with Crippen molar-refractivity contribution < 1.29 is 0 Å². The third-order valence-corrected chi connectivity index (χ3v) is 1.23. The molecule has 1 aromatic heterocycles. The van der Waals surface area contributed by atoms with Crippen molar-refractivity contribution in [1.82, 2.24) is 9.78 Å². The molecule has 0 aliphatic heterocycles. The van der Waals surface area contributed by atoms with Gasteiger partial charge in [-0.15, -0.1) is 24.8 Å². The lowest BCUT2D eigenvalue weighted by molar-refractivity contribution is 0.737. The summed E-state index contributed by atoms with van der Waals surface area (Å²) in [4.78, 5) is 10.9. The Morgan fingerprint density at radius 3 is 2.36 bits per heavy atom. The van der Waals surface area contributed by atoms with Crippen molar-refractivity contribution in [1.29, 1.82) is 0 Å². The molecule has 0 fully saturated rings. The second kappa shape index (κ2) is 5.23. The van der Waals surface area contributed by atoms with Crippen molar-refractivity contribution in [2.45, 2.75) is 6.54 Å². The number of halogens is 2. The van der Waals surface area contributed by atoms with E-state index in [1.165, 1.54) is 4.68 Å². The lowest BCUT2D eigenvalue weighted by Crippen LogP contribution is -2.17. The predicted molar refractivity (Wildman–Crippen MR) is 48.4 cm³/mol. The van der Waals surface area contributed by atoms with Crippen LogP contribution in [-0.2, 0) is 13.6 Å². The molecule has 3 N–H and O–H groups in total. The van der Waals surface area contributed by atoms with E-state index in [4.69, 9.17) is 5.73 Å². The van der Waals surface area contributed by atoms with Gasteiger partial charge in [0.25, 0.3) is 5.56 Å². The quantitative estimate of drug-likeness (QED) is 0.670. The molecule has 4 nitrogen and oxygen atoms in total. The van der Waals surface area contributed by atoms with Crippen molar-refractivity contribution in [2.24, 2.45) is 12.8 Å². The standard InChI is InChI=1S/C5H9N3O.2ClH/c1-8-5(9)4(2-6)3-7-8;;/h3,7H,2,6H2,1H3;2*1H. The SMILES string of the molecule is Cl.Cl.Cn1[nH]cc(CN)c1=O. The minimum absolute atomic E-state index is 0. The van der Waals surface area contributed by atoms with Gasteiger partial charge in [-0.05, 0) is 0 Å². The number of aryl methyl sites for hydroxylation is 1. The van der Waals surface area contributed by atoms with Gasteiger partial charge in [0.05, 0.1) is 0 Å². The zero-order chi connectivity index (χ0) is 6.85. The molecule has 0 saturated heterocycles. The third-order valence-electron chi connectivity index (χ3n) is 1.23. The van der Waals surface area contributed by atoms with E-state index in [2.05, 4.69) is 5.10 Å². The van der Waals surface area contributed by atoms with Gasteiger partial charge in [-0.3, -0.25) is 9.48 Å². The maximum atomic E-state index is 10.9. The van der Waals surface area contributed by atoms with E-state index >= 15 is 0 Å². The Morgan fingerprint density at radius 2 is 2.18 bits per heavy atom. The number of nitrogens with one attached hydrogen (secondary N) is 1. The number of hydrogen-bond acceptors (Lipinski definition) is 2. The van der Waals surface area contributed by atoms with E-state index < -0.39 is 0 Å². The number of rotatable bonds is 1. The van der Waals surface area contributed by atoms with Gasteiger partial charge < -0.3 is 10.8 Å². The summed E-state index contributed by atoms with van der Waals surface area (Å²) in [7, 11) is 1.65. The van der Waals surface area contributed by atoms with Crippen molar-refractivity contribution in [3.63, 3.8) is 0 Å². The van der Waals surface area contributed by atoms with Gasteiger partial charge in [-0.2, -0.15) is 0 Å². The normalized spacial score (nSPS) is 8.18. The monoisotopic (exact) mass is 199 g/mol. The van der Waals surface area contributed by atoms with Gasteiger partial charge in [0.1, 0.15) is 0 Å². The molecule has 11 heavy (non-hydrogen) atoms. The van der Waals surface area contributed by atoms with Gasteiger partial charge in [0.15, 0.2) is 0 Å². The van der Waals surface area contributed by atoms with Crippen LogP contribution in [0, 0.1) is 0 Å². The molecule has 0 aliphatic carbocycles. The highest BCUT2D eigenvalue weighted by Crippen LogP contribution is 1.82. The van der Waals surface area contributed by atoms with Crippen LogP contribution < -0.4 is 11.3 Å². The number of aromatic nitrogens is 2. The number of hydrogen-bond donors (Lipinski definition) is 2. The molecule has 0 aliphatic rings. The smallest absolute Gasteiger partial charge is 0.270 e. The molecule has 0 bridgehead atoms. The fraction of sp³-hybridized carbons (Fsp3) is 0.400. The van der Waals surface area contributed by atoms with Crippen LogP contribution in [0.1, 0.15) is 5.56 Å². The minimum atomic E-state index is -0.0440. The molecule has 1 heterocycles. The Morgan fingerprint density at radius 1 is 1.64 bits per heavy atom. The molecule has 6 heteroatoms. The Kier molecular flexibility index (Phi) is 6.26. The van der Waals surface area contributed by atoms with Crippen LogP contribution in [0.4, 0.5) is 0 Å². The number of nitrogens with two attached hydrogens (primary N) is 1. The van der Waals surface area contributed by atoms with Crippen LogP contribution in [-0.4, -0.2) is 9.78 Å². The molecule has 0 amide bonds. The summed E-state index contributed by atoms with van der Waals surface area (Å²) in [5.74, 6) is 0. The summed E-state index contributed by atoms with van der Waals surface area (Å²) in [5, 5.41) is 2.71. The zero-order valence-corrected chi connectivity index (χ0v) is 7.67. The van der Waals surface area contributed by atoms with Crippen molar-refractivity contribution in [2.75, 3.05) is 0 Å². The lowest BCUT2D eigenvalue weighted by Gasteiger charge is -1.82. The highest BCUT2D eigenvalue weighted by Gasteiger charge is 1.97. The van der Waals surface area contributed by atoms with Crippen LogP contribution in [0.5, 0.6) is 0 Å². The third kappa shape index (κ3) is 2.57. The first-order valence-corrected chi connectivity index (χ1v) is 2.69. The first kappa shape index (κ1) is 13.2. The second-order valence-corrected chi connectivity index (χ2v) is 1.87. The van der Waals surface area contributed by atoms with Crippen LogP contribution >= 0.6 is 24.8 Å². The van der Waals surface area contributed by atoms with Crippen molar-refractivity contribution >= 4 is 24.8 Å². The number of nitrogens with zero attached hydrogens (tertiary/aromatic N) is 1. The summed E-state index contributed by atoms with van der Waals surface area (Å²) in [5.41, 5.74) is 5.81. The van der Waals surface area contributed by atoms with E-state index in [9.17, 15) is 4.79 Å². The first-order chi connectivity index (χ1) is 4.25. The van der Waals surface area contributed by atoms with E-state index in [0.29, 0.717) is 12.1 Å². The minimum Gasteiger partial charge on any atom is -0.326 e. The Labute approximate surface area is 76.6 Å². The van der Waals surface area contributed by atoms with Gasteiger partial charge in [-0.1, -0.05) is 0 Å². The van der Waals surface area contributed by atoms with Gasteiger partial charge in [0.2, 0.25) is 0 Å². The lowest BCUT2D eigenvalue weighted by atomic mass is 10.4. The highest BCUT2D eigenvalue weighted by atomic mass is 35.5. The molecule has 66 valence electrons. The fourth-order valence-corrected chi connectivity index (χ4v) is 0.657. The largest absolute Gasteiger partial charge is 0.326 e. The Hall–Kier alpha value is -0.450. The van der Waals surface area contributed by atoms with Gasteiger partial charge in [-0.25, -0.2) is 0 Å². The average Bonchev–Trinajstić information content (AvgIpc) is 2.15. The van der Waals surface area contributed by atoms with Crippen LogP contribution in [0.3, 0.4) is 0 Å². The van der Waals surface area contributed by atoms with Crippen LogP contribution in [0.15, 0.2) is 11.0 Å². The summed E-state index contributed by atoms with van der Waals surface area (Å²) < 4.78 is 1.39. The summed E-state index contributed by atoms with van der Waals surface area (Å²) in [6.07, 6.45) is 1.61. The van der Waals surface area contributed by atoms with Crippen LogP contribution in [0.2, 0.25) is 0 Å². The van der Waals surface area contributed by atoms with Crippen LogP contribution in [0.25, 0.3) is 0 Å². The average molecular weight is 200 g/mol. The van der Waals surface area contributed by atoms with Crippen molar-refractivity contribution in [3.05, 3.63) is 22.1 Å². The number of aromatic amines is 1. The van der Waals surface area contributed by atoms with Gasteiger partial charge >= 0.3 is 0 Å². The van der Waals surface area contributed by atoms with E-state index in [0.717, 1.165) is 0 Å². The zero-order valence-electron chi connectivity index (χ0n) is 6.03. The molecular formula is C5H11Cl2N3O. The molecule has 0 atom stereocenters. The molecule has 0 unspecified atom stereocenters. The van der Waals surface area contributed by atoms with Gasteiger partial charge in [0, 0.05) is 25.4 Å². The Bertz CT molecular complexity index is 254. The van der Waals surface area contributed by atoms with E-state index in [1.54, 1.807) is 13.2 Å². The first-order valence-electron chi connectivity index (χ1n) is 2.69. The Balaban J connectivity index is 0. The van der Waals surface area contributed by atoms with E-state index in [1.807, 2.05) is 0 Å². The highest BCUT2D eigenvalue weighted by molar-refractivity contribution is 5.85. The molecular weight excluding hydrogens is 189 g/mol. The molecule has 1 aromatic rings. The molecule has 0 aromatic carbocycles. The maximum absolute atomic E-state index is 10.9. The molecule has 0 saturated carbocycles. The number of H-pyrrole nitrogens is 1. The summed E-state index contributed by atoms with van der Waals surface area (Å²) >= 11 is 0. The van der Waals surface area contributed by atoms with E-state index in [-0.39, 0.29) is 30.4 Å². The summed E-state index contributed by atoms with van der Waals surface area (Å²) in [6, 6.07) is 0. The second-order valence-electron chi connectivity index (χ2n) is 1.87. The molecule has 0 spiro atoms. The maximum Gasteiger partial charge on any atom is 0.270 e. The fourth-order valence-electron chi connectivity index (χ4n) is 0.657. The predicted octanol–water partition coefficient (Wildman–Crippen LogP) is 0.0157. The molecule has 0 radical (unpaired) electrons. The summed E-state index contributed by atoms with van der Waals surface area (Å²) in [6.45, 7) is 0.302. The topological polar surface area (TPSA) is 63.8 Å². The van der Waals surface area contributed by atoms with Crippen molar-refractivity contribution in [3.8, 4) is 0 Å².